The van der Waals surface area contributed by atoms with E-state index >= 15 is 0 Å². The van der Waals surface area contributed by atoms with Gasteiger partial charge in [0.2, 0.25) is 11.1 Å². The van der Waals surface area contributed by atoms with E-state index in [0.29, 0.717) is 21.9 Å². The summed E-state index contributed by atoms with van der Waals surface area (Å²) in [5.41, 5.74) is 3.05. The highest BCUT2D eigenvalue weighted by Gasteiger charge is 2.14. The van der Waals surface area contributed by atoms with E-state index in [2.05, 4.69) is 27.5 Å². The Morgan fingerprint density at radius 2 is 1.91 bits per heavy atom. The Hall–Kier alpha value is -3.46. The zero-order valence-corrected chi connectivity index (χ0v) is 18.3. The predicted molar refractivity (Wildman–Crippen MR) is 123 cm³/mol. The van der Waals surface area contributed by atoms with E-state index in [1.54, 1.807) is 18.2 Å². The summed E-state index contributed by atoms with van der Waals surface area (Å²) >= 11 is 1.16. The number of aryl methyl sites for hydroxylation is 1. The summed E-state index contributed by atoms with van der Waals surface area (Å²) in [5.74, 6) is -0.449. The summed E-state index contributed by atoms with van der Waals surface area (Å²) in [5, 5.41) is 14.1. The third-order valence-corrected chi connectivity index (χ3v) is 5.83. The van der Waals surface area contributed by atoms with Crippen LogP contribution in [0.4, 0.5) is 10.1 Å². The van der Waals surface area contributed by atoms with Crippen molar-refractivity contribution >= 4 is 28.9 Å². The first kappa shape index (κ1) is 21.8. The Morgan fingerprint density at radius 1 is 1.16 bits per heavy atom. The molecule has 2 N–H and O–H groups in total. The average molecular weight is 452 g/mol. The number of amides is 1. The van der Waals surface area contributed by atoms with Gasteiger partial charge in [0, 0.05) is 11.3 Å². The lowest BCUT2D eigenvalue weighted by molar-refractivity contribution is -0.113. The fourth-order valence-electron chi connectivity index (χ4n) is 3.21. The van der Waals surface area contributed by atoms with Crippen LogP contribution in [0.2, 0.25) is 0 Å². The van der Waals surface area contributed by atoms with Gasteiger partial charge < -0.3 is 5.32 Å². The van der Waals surface area contributed by atoms with Gasteiger partial charge in [-0.1, -0.05) is 37.2 Å². The van der Waals surface area contributed by atoms with Gasteiger partial charge in [0.25, 0.3) is 5.56 Å². The maximum absolute atomic E-state index is 13.2. The molecule has 0 aliphatic carbocycles. The van der Waals surface area contributed by atoms with Crippen molar-refractivity contribution in [1.82, 2.24) is 19.8 Å². The van der Waals surface area contributed by atoms with Crippen molar-refractivity contribution in [2.24, 2.45) is 0 Å². The zero-order chi connectivity index (χ0) is 22.5. The van der Waals surface area contributed by atoms with Crippen LogP contribution < -0.4 is 10.9 Å². The van der Waals surface area contributed by atoms with Crippen LogP contribution in [0.15, 0.2) is 64.5 Å². The lowest BCUT2D eigenvalue weighted by Gasteiger charge is -2.07. The highest BCUT2D eigenvalue weighted by Crippen LogP contribution is 2.22. The van der Waals surface area contributed by atoms with Crippen LogP contribution in [0.25, 0.3) is 16.8 Å². The van der Waals surface area contributed by atoms with Crippen molar-refractivity contribution in [3.63, 3.8) is 0 Å². The first-order valence-electron chi connectivity index (χ1n) is 10.3. The number of unbranched alkanes of at least 4 members (excludes halogenated alkanes) is 1. The number of benzene rings is 2. The SMILES string of the molecule is CCCCc1ccc(NC(=O)CSc2n[nH]c(=O)c3cc(-c4ccc(F)cc4)nn23)cc1. The normalized spacial score (nSPS) is 11.1. The standard InChI is InChI=1S/C23H22FN5O2S/c1-2-3-4-15-5-11-18(12-6-15)25-21(30)14-32-23-27-26-22(31)20-13-19(28-29(20)23)16-7-9-17(24)10-8-16/h5-13H,2-4,14H2,1H3,(H,25,30)(H,26,31). The van der Waals surface area contributed by atoms with Gasteiger partial charge in [-0.15, -0.1) is 5.10 Å². The highest BCUT2D eigenvalue weighted by atomic mass is 32.2. The molecule has 0 saturated carbocycles. The molecule has 7 nitrogen and oxygen atoms in total. The Labute approximate surface area is 188 Å². The van der Waals surface area contributed by atoms with E-state index in [-0.39, 0.29) is 17.5 Å². The third kappa shape index (κ3) is 5.05. The Kier molecular flexibility index (Phi) is 6.65. The Morgan fingerprint density at radius 3 is 2.62 bits per heavy atom. The molecule has 2 heterocycles. The van der Waals surface area contributed by atoms with E-state index in [9.17, 15) is 14.0 Å². The molecule has 164 valence electrons. The fraction of sp³-hybridized carbons (Fsp3) is 0.217. The molecule has 0 atom stereocenters. The van der Waals surface area contributed by atoms with E-state index in [4.69, 9.17) is 0 Å². The minimum atomic E-state index is -0.400. The number of thioether (sulfide) groups is 1. The number of hydrogen-bond acceptors (Lipinski definition) is 5. The molecule has 2 aromatic carbocycles. The number of rotatable bonds is 8. The lowest BCUT2D eigenvalue weighted by atomic mass is 10.1. The minimum Gasteiger partial charge on any atom is -0.325 e. The molecule has 0 bridgehead atoms. The number of hydrogen-bond donors (Lipinski definition) is 2. The van der Waals surface area contributed by atoms with Crippen molar-refractivity contribution < 1.29 is 9.18 Å². The van der Waals surface area contributed by atoms with Crippen LogP contribution in [0, 0.1) is 5.82 Å². The largest absolute Gasteiger partial charge is 0.325 e. The number of nitrogens with zero attached hydrogens (tertiary/aromatic N) is 3. The van der Waals surface area contributed by atoms with Gasteiger partial charge in [0.1, 0.15) is 11.3 Å². The second-order valence-electron chi connectivity index (χ2n) is 7.31. The maximum atomic E-state index is 13.2. The zero-order valence-electron chi connectivity index (χ0n) is 17.5. The molecular formula is C23H22FN5O2S. The summed E-state index contributed by atoms with van der Waals surface area (Å²) in [6.07, 6.45) is 3.31. The van der Waals surface area contributed by atoms with Crippen LogP contribution in [0.1, 0.15) is 25.3 Å². The van der Waals surface area contributed by atoms with Gasteiger partial charge in [-0.05, 0) is 60.9 Å². The first-order valence-corrected chi connectivity index (χ1v) is 11.3. The second-order valence-corrected chi connectivity index (χ2v) is 8.25. The summed E-state index contributed by atoms with van der Waals surface area (Å²) in [6, 6.07) is 15.3. The summed E-state index contributed by atoms with van der Waals surface area (Å²) in [7, 11) is 0. The topological polar surface area (TPSA) is 92.1 Å². The van der Waals surface area contributed by atoms with Crippen molar-refractivity contribution in [3.8, 4) is 11.3 Å². The van der Waals surface area contributed by atoms with Crippen LogP contribution in [-0.4, -0.2) is 31.5 Å². The number of aromatic amines is 1. The monoisotopic (exact) mass is 451 g/mol. The van der Waals surface area contributed by atoms with Crippen molar-refractivity contribution in [3.05, 3.63) is 76.3 Å². The van der Waals surface area contributed by atoms with Crippen LogP contribution >= 0.6 is 11.8 Å². The molecule has 0 aliphatic rings. The van der Waals surface area contributed by atoms with Crippen molar-refractivity contribution in [2.45, 2.75) is 31.3 Å². The molecule has 0 spiro atoms. The number of fused-ring (bicyclic) bond motifs is 1. The smallest absolute Gasteiger partial charge is 0.290 e. The quantitative estimate of drug-likeness (QED) is 0.390. The molecule has 0 saturated heterocycles. The number of H-pyrrole nitrogens is 1. The number of carbonyl (C=O) groups is 1. The van der Waals surface area contributed by atoms with E-state index in [1.807, 2.05) is 24.3 Å². The molecule has 9 heteroatoms. The molecule has 2 aromatic heterocycles. The highest BCUT2D eigenvalue weighted by molar-refractivity contribution is 7.99. The molecule has 32 heavy (non-hydrogen) atoms. The maximum Gasteiger partial charge on any atom is 0.290 e. The van der Waals surface area contributed by atoms with Gasteiger partial charge >= 0.3 is 0 Å². The van der Waals surface area contributed by atoms with Crippen molar-refractivity contribution in [1.29, 1.82) is 0 Å². The molecule has 4 aromatic rings. The molecule has 4 rings (SSSR count). The molecule has 0 radical (unpaired) electrons. The number of aromatic nitrogens is 4. The minimum absolute atomic E-state index is 0.0947. The number of anilines is 1. The number of carbonyl (C=O) groups excluding carboxylic acids is 1. The molecule has 0 fully saturated rings. The number of nitrogens with one attached hydrogen (secondary N) is 2. The van der Waals surface area contributed by atoms with Gasteiger partial charge in [-0.3, -0.25) is 9.59 Å². The number of halogens is 1. The second kappa shape index (κ2) is 9.78. The van der Waals surface area contributed by atoms with Gasteiger partial charge in [-0.2, -0.15) is 5.10 Å². The Balaban J connectivity index is 1.45. The van der Waals surface area contributed by atoms with Crippen LogP contribution in [0.5, 0.6) is 0 Å². The van der Waals surface area contributed by atoms with Crippen LogP contribution in [-0.2, 0) is 11.2 Å². The molecule has 0 unspecified atom stereocenters. The van der Waals surface area contributed by atoms with Gasteiger partial charge in [0.05, 0.1) is 11.4 Å². The molecule has 1 amide bonds. The lowest BCUT2D eigenvalue weighted by Crippen LogP contribution is -2.17. The first-order chi connectivity index (χ1) is 15.5. The van der Waals surface area contributed by atoms with E-state index in [0.717, 1.165) is 36.7 Å². The summed E-state index contributed by atoms with van der Waals surface area (Å²) < 4.78 is 14.6. The molecular weight excluding hydrogens is 429 g/mol. The van der Waals surface area contributed by atoms with E-state index < -0.39 is 5.56 Å². The van der Waals surface area contributed by atoms with Gasteiger partial charge in [-0.25, -0.2) is 14.0 Å². The predicted octanol–water partition coefficient (Wildman–Crippen LogP) is 4.30. The van der Waals surface area contributed by atoms with Gasteiger partial charge in [0.15, 0.2) is 0 Å². The average Bonchev–Trinajstić information content (AvgIpc) is 3.25. The molecule has 0 aliphatic heterocycles. The fourth-order valence-corrected chi connectivity index (χ4v) is 3.91. The van der Waals surface area contributed by atoms with Crippen LogP contribution in [0.3, 0.4) is 0 Å². The van der Waals surface area contributed by atoms with Crippen molar-refractivity contribution in [2.75, 3.05) is 11.1 Å². The summed E-state index contributed by atoms with van der Waals surface area (Å²) in [6.45, 7) is 2.16. The Bertz CT molecular complexity index is 1280. The van der Waals surface area contributed by atoms with E-state index in [1.165, 1.54) is 22.2 Å². The summed E-state index contributed by atoms with van der Waals surface area (Å²) in [4.78, 5) is 24.6. The third-order valence-electron chi connectivity index (χ3n) is 4.91.